The fourth-order valence-corrected chi connectivity index (χ4v) is 12.7. The second-order valence-corrected chi connectivity index (χ2v) is 23.2. The zero-order valence-corrected chi connectivity index (χ0v) is 38.1. The van der Waals surface area contributed by atoms with Crippen LogP contribution in [0.2, 0.25) is 0 Å². The third-order valence-corrected chi connectivity index (χ3v) is 16.3. The smallest absolute Gasteiger partial charge is 0.264 e. The number of hydrogen-bond donors (Lipinski definition) is 0. The van der Waals surface area contributed by atoms with Crippen molar-refractivity contribution >= 4 is 78.0 Å². The summed E-state index contributed by atoms with van der Waals surface area (Å²) in [4.78, 5) is 5.41. The first kappa shape index (κ1) is 38.0. The summed E-state index contributed by atoms with van der Waals surface area (Å²) in [5.41, 5.74) is 21.5. The van der Waals surface area contributed by atoms with Gasteiger partial charge >= 0.3 is 0 Å². The lowest BCUT2D eigenvalue weighted by molar-refractivity contribution is 0.331. The van der Waals surface area contributed by atoms with Crippen molar-refractivity contribution in [2.45, 2.75) is 143 Å². The molecule has 2 aliphatic carbocycles. The van der Waals surface area contributed by atoms with Crippen molar-refractivity contribution in [1.82, 2.24) is 0 Å². The van der Waals surface area contributed by atoms with E-state index in [2.05, 4.69) is 185 Å². The Kier molecular flexibility index (Phi) is 7.96. The van der Waals surface area contributed by atoms with Gasteiger partial charge in [0.25, 0.3) is 6.71 Å². The maximum Gasteiger partial charge on any atom is 0.264 e. The van der Waals surface area contributed by atoms with Crippen molar-refractivity contribution < 1.29 is 0 Å². The molecule has 6 aromatic rings. The fourth-order valence-electron chi connectivity index (χ4n) is 11.4. The topological polar surface area (TPSA) is 6.48 Å². The molecule has 0 spiro atoms. The first-order valence-electron chi connectivity index (χ1n) is 21.9. The molecule has 4 aliphatic rings. The van der Waals surface area contributed by atoms with Gasteiger partial charge in [-0.05, 0) is 153 Å². The van der Waals surface area contributed by atoms with E-state index in [1.165, 1.54) is 119 Å². The Balaban J connectivity index is 1.35. The van der Waals surface area contributed by atoms with Gasteiger partial charge in [0.05, 0.1) is 5.69 Å². The van der Waals surface area contributed by atoms with Crippen LogP contribution in [0.5, 0.6) is 0 Å². The van der Waals surface area contributed by atoms with Crippen LogP contribution in [0, 0.1) is 13.8 Å². The molecule has 0 saturated heterocycles. The molecule has 0 N–H and O–H groups in total. The van der Waals surface area contributed by atoms with Crippen molar-refractivity contribution in [3.05, 3.63) is 124 Å². The first-order valence-corrected chi connectivity index (χ1v) is 22.7. The lowest BCUT2D eigenvalue weighted by Gasteiger charge is -2.50. The van der Waals surface area contributed by atoms with E-state index < -0.39 is 0 Å². The van der Waals surface area contributed by atoms with Crippen LogP contribution >= 0.6 is 11.3 Å². The van der Waals surface area contributed by atoms with Gasteiger partial charge in [0.1, 0.15) is 0 Å². The predicted octanol–water partition coefficient (Wildman–Crippen LogP) is 13.6. The molecule has 2 aliphatic heterocycles. The molecule has 58 heavy (non-hydrogen) atoms. The summed E-state index contributed by atoms with van der Waals surface area (Å²) in [6.45, 7) is 31.7. The van der Waals surface area contributed by atoms with Gasteiger partial charge in [0, 0.05) is 43.3 Å². The van der Waals surface area contributed by atoms with Crippen LogP contribution in [-0.4, -0.2) is 6.71 Å². The molecule has 2 nitrogen and oxygen atoms in total. The van der Waals surface area contributed by atoms with Crippen LogP contribution in [0.15, 0.2) is 84.9 Å². The van der Waals surface area contributed by atoms with E-state index in [-0.39, 0.29) is 33.8 Å². The van der Waals surface area contributed by atoms with Crippen LogP contribution in [0.1, 0.15) is 141 Å². The van der Waals surface area contributed by atoms with Crippen LogP contribution in [0.3, 0.4) is 0 Å². The summed E-state index contributed by atoms with van der Waals surface area (Å²) in [5.74, 6) is 0. The maximum absolute atomic E-state index is 2.78. The zero-order chi connectivity index (χ0) is 41.1. The minimum absolute atomic E-state index is 0.0144. The molecule has 0 radical (unpaired) electrons. The quantitative estimate of drug-likeness (QED) is 0.161. The number of benzene rings is 5. The van der Waals surface area contributed by atoms with Crippen molar-refractivity contribution in [3.8, 4) is 0 Å². The van der Waals surface area contributed by atoms with Gasteiger partial charge < -0.3 is 9.80 Å². The van der Waals surface area contributed by atoms with E-state index in [0.29, 0.717) is 0 Å². The third kappa shape index (κ3) is 5.35. The lowest BCUT2D eigenvalue weighted by Crippen LogP contribution is -2.61. The molecule has 4 heteroatoms. The molecule has 5 aromatic carbocycles. The summed E-state index contributed by atoms with van der Waals surface area (Å²) >= 11 is 2.01. The Morgan fingerprint density at radius 3 is 1.83 bits per heavy atom. The molecular weight excluding hydrogens is 719 g/mol. The molecule has 0 amide bonds. The highest BCUT2D eigenvalue weighted by Crippen LogP contribution is 2.56. The molecule has 3 heterocycles. The van der Waals surface area contributed by atoms with Crippen molar-refractivity contribution in [2.75, 3.05) is 9.80 Å². The Morgan fingerprint density at radius 2 is 1.17 bits per heavy atom. The van der Waals surface area contributed by atoms with Gasteiger partial charge in [-0.15, -0.1) is 11.3 Å². The second kappa shape index (κ2) is 12.2. The van der Waals surface area contributed by atoms with Crippen LogP contribution in [0.4, 0.5) is 34.1 Å². The summed E-state index contributed by atoms with van der Waals surface area (Å²) in [5, 5.41) is 1.34. The van der Waals surface area contributed by atoms with Gasteiger partial charge in [0.2, 0.25) is 0 Å². The number of fused-ring (bicyclic) bond motifs is 9. The standard InChI is InChI=1S/C54H61BN2S/c1-32-28-42-46-43(29-32)57(41-31-39-38(30-33(41)2)52(8,9)24-25-53(39,10)11)48-40(23-22-37-45(48)54(12,13)27-26-51(37,6)7)55(46)49-47(36-16-14-15-17-44(36)58-49)56(42)35-20-18-34(19-21-35)50(3,4)5/h14-23,28-31H,24-27H2,1-13H3. The summed E-state index contributed by atoms with van der Waals surface area (Å²) < 4.78 is 2.81. The van der Waals surface area contributed by atoms with Crippen molar-refractivity contribution in [2.24, 2.45) is 0 Å². The number of aryl methyl sites for hydroxylation is 2. The highest BCUT2D eigenvalue weighted by molar-refractivity contribution is 7.33. The Hall–Kier alpha value is -4.28. The Morgan fingerprint density at radius 1 is 0.586 bits per heavy atom. The number of anilines is 6. The van der Waals surface area contributed by atoms with E-state index in [4.69, 9.17) is 0 Å². The monoisotopic (exact) mass is 780 g/mol. The maximum atomic E-state index is 2.78. The average molecular weight is 781 g/mol. The molecule has 0 bridgehead atoms. The van der Waals surface area contributed by atoms with Gasteiger partial charge in [0.15, 0.2) is 0 Å². The first-order chi connectivity index (χ1) is 27.2. The van der Waals surface area contributed by atoms with Gasteiger partial charge in [-0.3, -0.25) is 0 Å². The third-order valence-electron chi connectivity index (χ3n) is 15.1. The van der Waals surface area contributed by atoms with Crippen LogP contribution in [-0.2, 0) is 27.1 Å². The Labute approximate surface area is 352 Å². The van der Waals surface area contributed by atoms with E-state index in [1.54, 1.807) is 5.56 Å². The number of nitrogens with zero attached hydrogens (tertiary/aromatic N) is 2. The molecule has 10 rings (SSSR count). The highest BCUT2D eigenvalue weighted by atomic mass is 32.1. The number of thiophene rings is 1. The Bertz CT molecular complexity index is 2700. The van der Waals surface area contributed by atoms with Gasteiger partial charge in [-0.2, -0.15) is 0 Å². The largest absolute Gasteiger partial charge is 0.311 e. The molecule has 0 unspecified atom stereocenters. The highest BCUT2D eigenvalue weighted by Gasteiger charge is 2.50. The molecule has 0 atom stereocenters. The molecule has 0 fully saturated rings. The summed E-state index contributed by atoms with van der Waals surface area (Å²) in [6.07, 6.45) is 4.78. The molecular formula is C54H61BN2S. The number of rotatable bonds is 2. The SMILES string of the molecule is Cc1cc2c3c(c1)N(c1ccc(C(C)(C)C)cc1)c1c(sc4ccccc14)B3c1ccc3c(c1N2c1cc2c(cc1C)C(C)(C)CCC2(C)C)C(C)(C)CCC3(C)C. The second-order valence-electron chi connectivity index (χ2n) is 22.1. The van der Waals surface area contributed by atoms with E-state index >= 15 is 0 Å². The van der Waals surface area contributed by atoms with Crippen molar-refractivity contribution in [1.29, 1.82) is 0 Å². The minimum atomic E-state index is 0.0144. The molecule has 0 saturated carbocycles. The van der Waals surface area contributed by atoms with Crippen LogP contribution in [0.25, 0.3) is 10.1 Å². The van der Waals surface area contributed by atoms with Gasteiger partial charge in [-0.1, -0.05) is 125 Å². The van der Waals surface area contributed by atoms with E-state index in [0.717, 1.165) is 0 Å². The average Bonchev–Trinajstić information content (AvgIpc) is 3.54. The van der Waals surface area contributed by atoms with E-state index in [9.17, 15) is 0 Å². The zero-order valence-electron chi connectivity index (χ0n) is 37.3. The molecule has 1 aromatic heterocycles. The lowest BCUT2D eigenvalue weighted by atomic mass is 9.35. The van der Waals surface area contributed by atoms with Gasteiger partial charge in [-0.25, -0.2) is 0 Å². The summed E-state index contributed by atoms with van der Waals surface area (Å²) in [6, 6.07) is 33.9. The normalized spacial score (nSPS) is 19.3. The predicted molar refractivity (Wildman–Crippen MR) is 255 cm³/mol. The van der Waals surface area contributed by atoms with Crippen molar-refractivity contribution in [3.63, 3.8) is 0 Å². The fraction of sp³-hybridized carbons (Fsp3) is 0.407. The molecule has 296 valence electrons. The minimum Gasteiger partial charge on any atom is -0.311 e. The van der Waals surface area contributed by atoms with E-state index in [1.807, 2.05) is 11.3 Å². The van der Waals surface area contributed by atoms with Crippen LogP contribution < -0.4 is 25.5 Å². The summed E-state index contributed by atoms with van der Waals surface area (Å²) in [7, 11) is 0. The number of hydrogen-bond acceptors (Lipinski definition) is 3.